The van der Waals surface area contributed by atoms with Crippen molar-refractivity contribution in [2.24, 2.45) is 5.41 Å². The normalized spacial score (nSPS) is 19.5. The lowest BCUT2D eigenvalue weighted by atomic mass is 9.71. The molecule has 0 radical (unpaired) electrons. The number of benzene rings is 2. The second kappa shape index (κ2) is 7.96. The van der Waals surface area contributed by atoms with E-state index in [1.807, 2.05) is 0 Å². The van der Waals surface area contributed by atoms with E-state index in [0.717, 1.165) is 0 Å². The zero-order valence-electron chi connectivity index (χ0n) is 17.0. The first-order chi connectivity index (χ1) is 12.4. The highest BCUT2D eigenvalue weighted by Crippen LogP contribution is 2.40. The summed E-state index contributed by atoms with van der Waals surface area (Å²) >= 11 is 0. The third kappa shape index (κ3) is 4.76. The molecule has 1 aliphatic rings. The lowest BCUT2D eigenvalue weighted by molar-refractivity contribution is 0.0809. The van der Waals surface area contributed by atoms with E-state index in [9.17, 15) is 0 Å². The van der Waals surface area contributed by atoms with E-state index in [-0.39, 0.29) is 10.8 Å². The minimum Gasteiger partial charge on any atom is -0.296 e. The van der Waals surface area contributed by atoms with Crippen LogP contribution < -0.4 is 0 Å². The smallest absolute Gasteiger partial charge is 0.0348 e. The van der Waals surface area contributed by atoms with Crippen LogP contribution in [0.5, 0.6) is 0 Å². The van der Waals surface area contributed by atoms with Gasteiger partial charge in [-0.2, -0.15) is 0 Å². The zero-order chi connectivity index (χ0) is 18.6. The summed E-state index contributed by atoms with van der Waals surface area (Å²) in [5.41, 5.74) is 3.42. The Morgan fingerprint density at radius 3 is 2.12 bits per heavy atom. The molecule has 140 valence electrons. The monoisotopic (exact) mass is 349 g/mol. The van der Waals surface area contributed by atoms with E-state index < -0.39 is 0 Å². The molecule has 1 saturated heterocycles. The third-order valence-electron chi connectivity index (χ3n) is 5.90. The van der Waals surface area contributed by atoms with E-state index in [0.29, 0.717) is 6.04 Å². The van der Waals surface area contributed by atoms with Crippen LogP contribution in [-0.4, -0.2) is 18.0 Å². The molecule has 2 aromatic rings. The Morgan fingerprint density at radius 1 is 0.846 bits per heavy atom. The van der Waals surface area contributed by atoms with Crippen molar-refractivity contribution in [3.63, 3.8) is 0 Å². The quantitative estimate of drug-likeness (QED) is 0.567. The molecule has 0 aromatic heterocycles. The largest absolute Gasteiger partial charge is 0.296 e. The van der Waals surface area contributed by atoms with Gasteiger partial charge in [0.15, 0.2) is 0 Å². The van der Waals surface area contributed by atoms with Crippen molar-refractivity contribution in [2.75, 3.05) is 13.1 Å². The minimum absolute atomic E-state index is 0.197. The number of hydrogen-bond donors (Lipinski definition) is 0. The number of rotatable bonds is 6. The highest BCUT2D eigenvalue weighted by atomic mass is 15.2. The van der Waals surface area contributed by atoms with Crippen LogP contribution in [0.4, 0.5) is 0 Å². The first kappa shape index (κ1) is 19.2. The number of hydrogen-bond acceptors (Lipinski definition) is 1. The van der Waals surface area contributed by atoms with E-state index in [4.69, 9.17) is 0 Å². The van der Waals surface area contributed by atoms with Crippen LogP contribution >= 0.6 is 0 Å². The van der Waals surface area contributed by atoms with Gasteiger partial charge in [-0.25, -0.2) is 0 Å². The fourth-order valence-corrected chi connectivity index (χ4v) is 5.03. The molecular weight excluding hydrogens is 314 g/mol. The molecule has 1 heterocycles. The number of likely N-dealkylation sites (tertiary alicyclic amines) is 1. The third-order valence-corrected chi connectivity index (χ3v) is 5.90. The highest BCUT2D eigenvalue weighted by Gasteiger charge is 2.34. The molecule has 1 heteroatoms. The van der Waals surface area contributed by atoms with Crippen LogP contribution in [0, 0.1) is 5.41 Å². The van der Waals surface area contributed by atoms with Crippen LogP contribution in [-0.2, 0) is 5.41 Å². The van der Waals surface area contributed by atoms with Gasteiger partial charge in [0, 0.05) is 12.6 Å². The standard InChI is InChI=1S/C25H35N/c1-24(2,19-25(3,4)22-15-9-6-10-16-22)20-26-18-12-11-17-23(26)21-13-7-5-8-14-21/h5-10,13-16,23H,11-12,17-20H2,1-4H3. The first-order valence-electron chi connectivity index (χ1n) is 10.2. The van der Waals surface area contributed by atoms with Crippen molar-refractivity contribution >= 4 is 0 Å². The van der Waals surface area contributed by atoms with Crippen molar-refractivity contribution in [1.29, 1.82) is 0 Å². The van der Waals surface area contributed by atoms with Crippen LogP contribution in [0.3, 0.4) is 0 Å². The molecule has 1 aliphatic heterocycles. The Bertz CT molecular complexity index is 672. The lowest BCUT2D eigenvalue weighted by Gasteiger charge is -2.43. The molecule has 0 aliphatic carbocycles. The summed E-state index contributed by atoms with van der Waals surface area (Å²) in [6, 6.07) is 22.7. The molecule has 2 aromatic carbocycles. The van der Waals surface area contributed by atoms with Crippen LogP contribution in [0.25, 0.3) is 0 Å². The molecule has 0 N–H and O–H groups in total. The van der Waals surface area contributed by atoms with E-state index in [1.165, 1.54) is 49.9 Å². The summed E-state index contributed by atoms with van der Waals surface area (Å²) in [7, 11) is 0. The fourth-order valence-electron chi connectivity index (χ4n) is 5.03. The van der Waals surface area contributed by atoms with Gasteiger partial charge in [0.1, 0.15) is 0 Å². The summed E-state index contributed by atoms with van der Waals surface area (Å²) in [4.78, 5) is 2.75. The van der Waals surface area contributed by atoms with Crippen molar-refractivity contribution in [3.8, 4) is 0 Å². The first-order valence-corrected chi connectivity index (χ1v) is 10.2. The Balaban J connectivity index is 1.73. The second-order valence-corrected chi connectivity index (χ2v) is 9.48. The Kier molecular flexibility index (Phi) is 5.87. The van der Waals surface area contributed by atoms with Gasteiger partial charge < -0.3 is 0 Å². The summed E-state index contributed by atoms with van der Waals surface area (Å²) in [6.07, 6.45) is 5.18. The Hall–Kier alpha value is -1.60. The molecule has 1 nitrogen and oxygen atoms in total. The maximum atomic E-state index is 2.75. The van der Waals surface area contributed by atoms with E-state index in [1.54, 1.807) is 0 Å². The van der Waals surface area contributed by atoms with Crippen LogP contribution in [0.2, 0.25) is 0 Å². The van der Waals surface area contributed by atoms with Crippen molar-refractivity contribution in [3.05, 3.63) is 71.8 Å². The predicted molar refractivity (Wildman–Crippen MR) is 112 cm³/mol. The van der Waals surface area contributed by atoms with E-state index in [2.05, 4.69) is 93.3 Å². The maximum Gasteiger partial charge on any atom is 0.0348 e. The van der Waals surface area contributed by atoms with Gasteiger partial charge in [-0.3, -0.25) is 4.90 Å². The number of piperidine rings is 1. The molecule has 1 fully saturated rings. The van der Waals surface area contributed by atoms with E-state index >= 15 is 0 Å². The van der Waals surface area contributed by atoms with Crippen molar-refractivity contribution in [1.82, 2.24) is 4.90 Å². The average molecular weight is 350 g/mol. The molecule has 1 unspecified atom stereocenters. The zero-order valence-corrected chi connectivity index (χ0v) is 17.0. The van der Waals surface area contributed by atoms with Gasteiger partial charge in [-0.15, -0.1) is 0 Å². The minimum atomic E-state index is 0.197. The van der Waals surface area contributed by atoms with Gasteiger partial charge in [0.25, 0.3) is 0 Å². The molecule has 0 amide bonds. The van der Waals surface area contributed by atoms with Crippen LogP contribution in [0.15, 0.2) is 60.7 Å². The fraction of sp³-hybridized carbons (Fsp3) is 0.520. The van der Waals surface area contributed by atoms with Crippen molar-refractivity contribution < 1.29 is 0 Å². The maximum absolute atomic E-state index is 2.75. The van der Waals surface area contributed by atoms with Gasteiger partial charge in [0.2, 0.25) is 0 Å². The summed E-state index contributed by atoms with van der Waals surface area (Å²) < 4.78 is 0. The SMILES string of the molecule is CC(C)(CN1CCCCC1c1ccccc1)CC(C)(C)c1ccccc1. The molecular formula is C25H35N. The lowest BCUT2D eigenvalue weighted by Crippen LogP contribution is -2.42. The highest BCUT2D eigenvalue weighted by molar-refractivity contribution is 5.24. The van der Waals surface area contributed by atoms with Gasteiger partial charge >= 0.3 is 0 Å². The summed E-state index contributed by atoms with van der Waals surface area (Å²) in [5, 5.41) is 0. The molecule has 0 spiro atoms. The van der Waals surface area contributed by atoms with Gasteiger partial charge in [-0.05, 0) is 47.8 Å². The summed E-state index contributed by atoms with van der Waals surface area (Å²) in [5.74, 6) is 0. The number of nitrogens with zero attached hydrogens (tertiary/aromatic N) is 1. The van der Waals surface area contributed by atoms with Crippen molar-refractivity contribution in [2.45, 2.75) is 64.8 Å². The van der Waals surface area contributed by atoms with Gasteiger partial charge in [0.05, 0.1) is 0 Å². The topological polar surface area (TPSA) is 3.24 Å². The Labute approximate surface area is 160 Å². The predicted octanol–water partition coefficient (Wildman–Crippen LogP) is 6.61. The average Bonchev–Trinajstić information content (AvgIpc) is 2.62. The second-order valence-electron chi connectivity index (χ2n) is 9.48. The molecule has 1 atom stereocenters. The molecule has 0 bridgehead atoms. The molecule has 0 saturated carbocycles. The molecule has 26 heavy (non-hydrogen) atoms. The van der Waals surface area contributed by atoms with Gasteiger partial charge in [-0.1, -0.05) is 94.8 Å². The Morgan fingerprint density at radius 2 is 1.46 bits per heavy atom. The molecule has 3 rings (SSSR count). The summed E-state index contributed by atoms with van der Waals surface area (Å²) in [6.45, 7) is 12.1. The van der Waals surface area contributed by atoms with Crippen LogP contribution in [0.1, 0.15) is 70.5 Å².